The third kappa shape index (κ3) is 6.17. The number of carbonyl (C=O) groups is 1. The molecule has 0 radical (unpaired) electrons. The van der Waals surface area contributed by atoms with Crippen LogP contribution in [0, 0.1) is 0 Å². The summed E-state index contributed by atoms with van der Waals surface area (Å²) in [6.07, 6.45) is 5.67. The number of rotatable bonds is 8. The smallest absolute Gasteiger partial charge is 0.240 e. The third-order valence-electron chi connectivity index (χ3n) is 6.54. The minimum atomic E-state index is -0.171. The zero-order chi connectivity index (χ0) is 27.4. The highest BCUT2D eigenvalue weighted by molar-refractivity contribution is 6.36. The molecule has 0 fully saturated rings. The summed E-state index contributed by atoms with van der Waals surface area (Å²) in [7, 11) is 1.64. The Hall–Kier alpha value is -4.06. The van der Waals surface area contributed by atoms with Gasteiger partial charge >= 0.3 is 0 Å². The fourth-order valence-electron chi connectivity index (χ4n) is 4.55. The molecule has 5 rings (SSSR count). The Bertz CT molecular complexity index is 1650. The molecule has 7 heteroatoms. The topological polar surface area (TPSA) is 56.2 Å². The number of nitrogens with one attached hydrogen (secondary N) is 1. The maximum Gasteiger partial charge on any atom is 0.240 e. The minimum Gasteiger partial charge on any atom is -0.497 e. The molecule has 1 N–H and O–H groups in total. The number of ether oxygens (including phenoxy) is 1. The van der Waals surface area contributed by atoms with E-state index in [1.54, 1.807) is 19.2 Å². The van der Waals surface area contributed by atoms with Gasteiger partial charge in [-0.2, -0.15) is 0 Å². The van der Waals surface area contributed by atoms with Crippen molar-refractivity contribution in [1.29, 1.82) is 0 Å². The normalized spacial score (nSPS) is 12.1. The second-order valence-corrected chi connectivity index (χ2v) is 10.0. The van der Waals surface area contributed by atoms with Crippen LogP contribution in [0.3, 0.4) is 0 Å². The first-order chi connectivity index (χ1) is 18.9. The number of hydrogen-bond acceptors (Lipinski definition) is 3. The Balaban J connectivity index is 1.42. The van der Waals surface area contributed by atoms with Gasteiger partial charge in [0.05, 0.1) is 23.9 Å². The van der Waals surface area contributed by atoms with Gasteiger partial charge in [0.2, 0.25) is 5.91 Å². The minimum absolute atomic E-state index is 0.0929. The van der Waals surface area contributed by atoms with E-state index < -0.39 is 0 Å². The van der Waals surface area contributed by atoms with Gasteiger partial charge in [0, 0.05) is 16.8 Å². The van der Waals surface area contributed by atoms with Gasteiger partial charge in [0.1, 0.15) is 18.1 Å². The molecule has 39 heavy (non-hydrogen) atoms. The number of benzene rings is 4. The summed E-state index contributed by atoms with van der Waals surface area (Å²) in [5, 5.41) is 6.45. The molecule has 196 valence electrons. The summed E-state index contributed by atoms with van der Waals surface area (Å²) in [5.41, 5.74) is 3.44. The zero-order valence-electron chi connectivity index (χ0n) is 21.6. The summed E-state index contributed by atoms with van der Waals surface area (Å²) in [5.74, 6) is 1.28. The Morgan fingerprint density at radius 2 is 1.77 bits per heavy atom. The lowest BCUT2D eigenvalue weighted by atomic mass is 10.00. The van der Waals surface area contributed by atoms with Crippen molar-refractivity contribution in [2.45, 2.75) is 19.5 Å². The van der Waals surface area contributed by atoms with E-state index in [2.05, 4.69) is 23.5 Å². The molecular weight excluding hydrogens is 529 g/mol. The first-order valence-corrected chi connectivity index (χ1v) is 13.3. The van der Waals surface area contributed by atoms with Crippen molar-refractivity contribution >= 4 is 52.0 Å². The van der Waals surface area contributed by atoms with E-state index in [1.807, 2.05) is 84.4 Å². The monoisotopic (exact) mass is 555 g/mol. The van der Waals surface area contributed by atoms with Crippen LogP contribution in [-0.2, 0) is 11.3 Å². The lowest BCUT2D eigenvalue weighted by Crippen LogP contribution is -2.30. The number of amides is 1. The molecule has 0 aliphatic carbocycles. The van der Waals surface area contributed by atoms with Crippen LogP contribution < -0.4 is 10.1 Å². The molecule has 0 saturated heterocycles. The lowest BCUT2D eigenvalue weighted by molar-refractivity contribution is -0.122. The number of imidazole rings is 1. The van der Waals surface area contributed by atoms with Crippen molar-refractivity contribution in [1.82, 2.24) is 14.9 Å². The molecular formula is C32H27Cl2N3O2. The molecule has 5 nitrogen and oxygen atoms in total. The summed E-state index contributed by atoms with van der Waals surface area (Å²) in [6, 6.07) is 27.1. The van der Waals surface area contributed by atoms with E-state index in [4.69, 9.17) is 32.9 Å². The van der Waals surface area contributed by atoms with E-state index in [1.165, 1.54) is 0 Å². The van der Waals surface area contributed by atoms with E-state index in [-0.39, 0.29) is 18.5 Å². The predicted molar refractivity (Wildman–Crippen MR) is 160 cm³/mol. The van der Waals surface area contributed by atoms with Gasteiger partial charge in [0.15, 0.2) is 0 Å². The maximum atomic E-state index is 13.2. The van der Waals surface area contributed by atoms with E-state index in [0.717, 1.165) is 33.2 Å². The first kappa shape index (κ1) is 26.5. The van der Waals surface area contributed by atoms with Crippen molar-refractivity contribution in [3.63, 3.8) is 0 Å². The molecule has 1 unspecified atom stereocenters. The van der Waals surface area contributed by atoms with E-state index in [0.29, 0.717) is 21.6 Å². The van der Waals surface area contributed by atoms with Crippen molar-refractivity contribution in [3.8, 4) is 17.0 Å². The van der Waals surface area contributed by atoms with Gasteiger partial charge in [-0.05, 0) is 65.2 Å². The van der Waals surface area contributed by atoms with Crippen LogP contribution in [0.15, 0.2) is 91.1 Å². The standard InChI is InChI=1S/C32H27Cl2N3O2/c1-21(26-9-5-7-23-6-3-4-8-27(23)26)35-32(38)20-37-19-30(28-16-13-24(33)18-29(28)34)36-31(37)17-12-22-10-14-25(39-2)15-11-22/h3-19,21H,20H2,1-2H3,(H,35,38)/b17-12+. The van der Waals surface area contributed by atoms with Crippen LogP contribution in [0.4, 0.5) is 0 Å². The Kier molecular flexibility index (Phi) is 8.01. The molecule has 5 aromatic rings. The van der Waals surface area contributed by atoms with Gasteiger partial charge in [-0.15, -0.1) is 0 Å². The highest BCUT2D eigenvalue weighted by atomic mass is 35.5. The van der Waals surface area contributed by atoms with Gasteiger partial charge in [-0.1, -0.05) is 83.9 Å². The van der Waals surface area contributed by atoms with Crippen molar-refractivity contribution in [3.05, 3.63) is 118 Å². The molecule has 1 amide bonds. The Labute approximate surface area is 237 Å². The molecule has 0 aliphatic rings. The lowest BCUT2D eigenvalue weighted by Gasteiger charge is -2.17. The van der Waals surface area contributed by atoms with Crippen LogP contribution >= 0.6 is 23.2 Å². The van der Waals surface area contributed by atoms with Crippen LogP contribution in [0.1, 0.15) is 29.9 Å². The zero-order valence-corrected chi connectivity index (χ0v) is 23.1. The molecule has 4 aromatic carbocycles. The second-order valence-electron chi connectivity index (χ2n) is 9.20. The largest absolute Gasteiger partial charge is 0.497 e. The number of fused-ring (bicyclic) bond motifs is 1. The first-order valence-electron chi connectivity index (χ1n) is 12.5. The number of methoxy groups -OCH3 is 1. The summed E-state index contributed by atoms with van der Waals surface area (Å²) in [4.78, 5) is 18.0. The highest BCUT2D eigenvalue weighted by Gasteiger charge is 2.16. The average Bonchev–Trinajstić information content (AvgIpc) is 3.33. The molecule has 0 aliphatic heterocycles. The van der Waals surface area contributed by atoms with Crippen LogP contribution in [0.25, 0.3) is 34.2 Å². The van der Waals surface area contributed by atoms with Crippen molar-refractivity contribution in [2.75, 3.05) is 7.11 Å². The quantitative estimate of drug-likeness (QED) is 0.210. The van der Waals surface area contributed by atoms with Crippen LogP contribution in [0.2, 0.25) is 10.0 Å². The van der Waals surface area contributed by atoms with Gasteiger partial charge in [0.25, 0.3) is 0 Å². The molecule has 1 atom stereocenters. The second kappa shape index (κ2) is 11.8. The Morgan fingerprint density at radius 3 is 2.54 bits per heavy atom. The summed E-state index contributed by atoms with van der Waals surface area (Å²) >= 11 is 12.6. The van der Waals surface area contributed by atoms with Gasteiger partial charge in [-0.25, -0.2) is 4.98 Å². The number of carbonyl (C=O) groups excluding carboxylic acids is 1. The van der Waals surface area contributed by atoms with Crippen molar-refractivity contribution < 1.29 is 9.53 Å². The number of nitrogens with zero attached hydrogens (tertiary/aromatic N) is 2. The van der Waals surface area contributed by atoms with Crippen LogP contribution in [-0.4, -0.2) is 22.6 Å². The SMILES string of the molecule is COc1ccc(/C=C/c2nc(-c3ccc(Cl)cc3Cl)cn2CC(=O)NC(C)c2cccc3ccccc23)cc1. The molecule has 1 aromatic heterocycles. The van der Waals surface area contributed by atoms with Crippen molar-refractivity contribution in [2.24, 2.45) is 0 Å². The molecule has 1 heterocycles. The molecule has 0 bridgehead atoms. The summed E-state index contributed by atoms with van der Waals surface area (Å²) in [6.45, 7) is 2.09. The van der Waals surface area contributed by atoms with Gasteiger partial charge in [-0.3, -0.25) is 4.79 Å². The average molecular weight is 556 g/mol. The van der Waals surface area contributed by atoms with Gasteiger partial charge < -0.3 is 14.6 Å². The fraction of sp³-hybridized carbons (Fsp3) is 0.125. The summed E-state index contributed by atoms with van der Waals surface area (Å²) < 4.78 is 7.07. The Morgan fingerprint density at radius 1 is 1.00 bits per heavy atom. The number of hydrogen-bond donors (Lipinski definition) is 1. The molecule has 0 saturated carbocycles. The predicted octanol–water partition coefficient (Wildman–Crippen LogP) is 8.07. The maximum absolute atomic E-state index is 13.2. The fourth-order valence-corrected chi connectivity index (χ4v) is 5.06. The molecule has 0 spiro atoms. The third-order valence-corrected chi connectivity index (χ3v) is 7.08. The number of aromatic nitrogens is 2. The van der Waals surface area contributed by atoms with E-state index >= 15 is 0 Å². The number of halogens is 2. The van der Waals surface area contributed by atoms with Crippen LogP contribution in [0.5, 0.6) is 5.75 Å². The van der Waals surface area contributed by atoms with E-state index in [9.17, 15) is 4.79 Å². The highest BCUT2D eigenvalue weighted by Crippen LogP contribution is 2.30.